The van der Waals surface area contributed by atoms with Gasteiger partial charge in [0.15, 0.2) is 0 Å². The highest BCUT2D eigenvalue weighted by molar-refractivity contribution is 7.92. The Hall–Kier alpha value is -3.08. The van der Waals surface area contributed by atoms with Crippen LogP contribution in [-0.4, -0.2) is 51.0 Å². The number of halogens is 3. The van der Waals surface area contributed by atoms with Crippen molar-refractivity contribution in [2.24, 2.45) is 0 Å². The molecule has 1 N–H and O–H groups in total. The van der Waals surface area contributed by atoms with Gasteiger partial charge in [-0.05, 0) is 37.1 Å². The van der Waals surface area contributed by atoms with E-state index in [-0.39, 0.29) is 18.7 Å². The molecule has 0 heterocycles. The zero-order chi connectivity index (χ0) is 25.7. The number of aryl methyl sites for hydroxylation is 1. The molecule has 0 spiro atoms. The number of amides is 2. The number of nitrogens with zero attached hydrogens (tertiary/aromatic N) is 2. The highest BCUT2D eigenvalue weighted by Crippen LogP contribution is 2.32. The predicted molar refractivity (Wildman–Crippen MR) is 124 cm³/mol. The Morgan fingerprint density at radius 3 is 2.26 bits per heavy atom. The van der Waals surface area contributed by atoms with Gasteiger partial charge in [-0.3, -0.25) is 13.9 Å². The summed E-state index contributed by atoms with van der Waals surface area (Å²) in [7, 11) is -2.71. The SMILES string of the molecule is CCC(C(=O)NC)N(Cc1cccc(C)c1)C(=O)CN(c1cccc(C(F)(F)F)c1)S(C)(=O)=O. The van der Waals surface area contributed by atoms with E-state index in [0.29, 0.717) is 10.4 Å². The van der Waals surface area contributed by atoms with Crippen LogP contribution in [0.3, 0.4) is 0 Å². The second-order valence-corrected chi connectivity index (χ2v) is 9.77. The van der Waals surface area contributed by atoms with E-state index in [4.69, 9.17) is 0 Å². The maximum Gasteiger partial charge on any atom is 0.416 e. The number of sulfonamides is 1. The number of nitrogens with one attached hydrogen (secondary N) is 1. The van der Waals surface area contributed by atoms with E-state index in [1.165, 1.54) is 18.0 Å². The molecule has 34 heavy (non-hydrogen) atoms. The molecule has 0 aromatic heterocycles. The second-order valence-electron chi connectivity index (χ2n) is 7.87. The molecule has 11 heteroatoms. The lowest BCUT2D eigenvalue weighted by Gasteiger charge is -2.32. The molecule has 0 radical (unpaired) electrons. The lowest BCUT2D eigenvalue weighted by molar-refractivity contribution is -0.140. The Morgan fingerprint density at radius 1 is 1.09 bits per heavy atom. The number of carbonyl (C=O) groups excluding carboxylic acids is 2. The summed E-state index contributed by atoms with van der Waals surface area (Å²) in [5.74, 6) is -1.16. The van der Waals surface area contributed by atoms with Crippen molar-refractivity contribution in [3.8, 4) is 0 Å². The van der Waals surface area contributed by atoms with E-state index in [1.807, 2.05) is 19.1 Å². The molecule has 2 amide bonds. The number of anilines is 1. The van der Waals surface area contributed by atoms with Gasteiger partial charge < -0.3 is 10.2 Å². The predicted octanol–water partition coefficient (Wildman–Crippen LogP) is 3.33. The first-order valence-electron chi connectivity index (χ1n) is 10.5. The van der Waals surface area contributed by atoms with Gasteiger partial charge in [-0.25, -0.2) is 8.42 Å². The number of alkyl halides is 3. The molecule has 1 unspecified atom stereocenters. The van der Waals surface area contributed by atoms with Crippen molar-refractivity contribution in [3.05, 3.63) is 65.2 Å². The normalized spacial score (nSPS) is 12.7. The van der Waals surface area contributed by atoms with Crippen LogP contribution < -0.4 is 9.62 Å². The molecule has 2 rings (SSSR count). The van der Waals surface area contributed by atoms with Gasteiger partial charge in [0, 0.05) is 13.6 Å². The smallest absolute Gasteiger partial charge is 0.357 e. The average molecular weight is 500 g/mol. The average Bonchev–Trinajstić information content (AvgIpc) is 2.75. The summed E-state index contributed by atoms with van der Waals surface area (Å²) in [5.41, 5.74) is 0.314. The van der Waals surface area contributed by atoms with Crippen molar-refractivity contribution in [1.82, 2.24) is 10.2 Å². The first kappa shape index (κ1) is 27.2. The Balaban J connectivity index is 2.48. The van der Waals surface area contributed by atoms with Crippen LogP contribution in [0.2, 0.25) is 0 Å². The van der Waals surface area contributed by atoms with Gasteiger partial charge in [0.05, 0.1) is 17.5 Å². The number of carbonyl (C=O) groups is 2. The number of hydrogen-bond donors (Lipinski definition) is 1. The Kier molecular flexibility index (Phi) is 8.71. The van der Waals surface area contributed by atoms with Gasteiger partial charge >= 0.3 is 6.18 Å². The Bertz CT molecular complexity index is 1140. The quantitative estimate of drug-likeness (QED) is 0.574. The van der Waals surface area contributed by atoms with Crippen molar-refractivity contribution in [3.63, 3.8) is 0 Å². The summed E-state index contributed by atoms with van der Waals surface area (Å²) in [6.45, 7) is 2.83. The van der Waals surface area contributed by atoms with E-state index < -0.39 is 46.2 Å². The van der Waals surface area contributed by atoms with E-state index in [2.05, 4.69) is 5.32 Å². The van der Waals surface area contributed by atoms with Gasteiger partial charge in [0.25, 0.3) is 0 Å². The zero-order valence-electron chi connectivity index (χ0n) is 19.4. The third kappa shape index (κ3) is 6.96. The summed E-state index contributed by atoms with van der Waals surface area (Å²) in [5, 5.41) is 2.50. The molecule has 1 atom stereocenters. The molecule has 0 saturated heterocycles. The summed E-state index contributed by atoms with van der Waals surface area (Å²) in [6.07, 6.45) is -3.63. The molecular weight excluding hydrogens is 471 g/mol. The maximum absolute atomic E-state index is 13.4. The van der Waals surface area contributed by atoms with Crippen LogP contribution in [0.15, 0.2) is 48.5 Å². The van der Waals surface area contributed by atoms with Crippen LogP contribution in [0.4, 0.5) is 18.9 Å². The van der Waals surface area contributed by atoms with Crippen LogP contribution in [0.25, 0.3) is 0 Å². The van der Waals surface area contributed by atoms with Crippen molar-refractivity contribution in [2.45, 2.75) is 39.0 Å². The molecule has 0 fully saturated rings. The number of likely N-dealkylation sites (N-methyl/N-ethyl adjacent to an activating group) is 1. The van der Waals surface area contributed by atoms with Gasteiger partial charge in [-0.15, -0.1) is 0 Å². The number of hydrogen-bond acceptors (Lipinski definition) is 4. The van der Waals surface area contributed by atoms with Crippen LogP contribution in [0.5, 0.6) is 0 Å². The minimum atomic E-state index is -4.69. The van der Waals surface area contributed by atoms with E-state index in [9.17, 15) is 31.2 Å². The topological polar surface area (TPSA) is 86.8 Å². The van der Waals surface area contributed by atoms with Crippen molar-refractivity contribution < 1.29 is 31.2 Å². The largest absolute Gasteiger partial charge is 0.416 e. The monoisotopic (exact) mass is 499 g/mol. The van der Waals surface area contributed by atoms with Crippen molar-refractivity contribution in [2.75, 3.05) is 24.2 Å². The second kappa shape index (κ2) is 10.9. The van der Waals surface area contributed by atoms with Crippen LogP contribution >= 0.6 is 0 Å². The third-order valence-electron chi connectivity index (χ3n) is 5.21. The summed E-state index contributed by atoms with van der Waals surface area (Å²) in [4.78, 5) is 27.1. The Morgan fingerprint density at radius 2 is 1.74 bits per heavy atom. The third-order valence-corrected chi connectivity index (χ3v) is 6.35. The van der Waals surface area contributed by atoms with Crippen LogP contribution in [-0.2, 0) is 32.3 Å². The first-order valence-corrected chi connectivity index (χ1v) is 12.3. The molecule has 0 aliphatic rings. The van der Waals surface area contributed by atoms with E-state index in [1.54, 1.807) is 19.1 Å². The van der Waals surface area contributed by atoms with Gasteiger partial charge in [-0.1, -0.05) is 42.8 Å². The maximum atomic E-state index is 13.4. The molecule has 0 aliphatic carbocycles. The van der Waals surface area contributed by atoms with Gasteiger partial charge in [0.1, 0.15) is 12.6 Å². The van der Waals surface area contributed by atoms with Crippen LogP contribution in [0, 0.1) is 6.92 Å². The minimum Gasteiger partial charge on any atom is -0.357 e. The van der Waals surface area contributed by atoms with Crippen LogP contribution in [0.1, 0.15) is 30.0 Å². The van der Waals surface area contributed by atoms with Crippen molar-refractivity contribution in [1.29, 1.82) is 0 Å². The zero-order valence-corrected chi connectivity index (χ0v) is 20.2. The highest BCUT2D eigenvalue weighted by atomic mass is 32.2. The van der Waals surface area contributed by atoms with Crippen molar-refractivity contribution >= 4 is 27.5 Å². The fourth-order valence-electron chi connectivity index (χ4n) is 3.54. The summed E-state index contributed by atoms with van der Waals surface area (Å²) in [6, 6.07) is 10.1. The fourth-order valence-corrected chi connectivity index (χ4v) is 4.39. The van der Waals surface area contributed by atoms with Gasteiger partial charge in [-0.2, -0.15) is 13.2 Å². The number of benzene rings is 2. The standard InChI is InChI=1S/C23H28F3N3O4S/c1-5-20(22(31)27-3)28(14-17-9-6-8-16(2)12-17)21(30)15-29(34(4,32)33)19-11-7-10-18(13-19)23(24,25)26/h6-13,20H,5,14-15H2,1-4H3,(H,27,31). The summed E-state index contributed by atoms with van der Waals surface area (Å²) < 4.78 is 65.1. The summed E-state index contributed by atoms with van der Waals surface area (Å²) >= 11 is 0. The number of rotatable bonds is 9. The lowest BCUT2D eigenvalue weighted by Crippen LogP contribution is -2.51. The van der Waals surface area contributed by atoms with E-state index in [0.717, 1.165) is 29.5 Å². The highest BCUT2D eigenvalue weighted by Gasteiger charge is 2.34. The first-order chi connectivity index (χ1) is 15.8. The lowest BCUT2D eigenvalue weighted by atomic mass is 10.1. The minimum absolute atomic E-state index is 0.0205. The molecular formula is C23H28F3N3O4S. The van der Waals surface area contributed by atoms with E-state index >= 15 is 0 Å². The molecule has 2 aromatic rings. The molecule has 7 nitrogen and oxygen atoms in total. The molecule has 0 aliphatic heterocycles. The fraction of sp³-hybridized carbons (Fsp3) is 0.391. The molecule has 0 saturated carbocycles. The molecule has 0 bridgehead atoms. The Labute approximate surface area is 197 Å². The van der Waals surface area contributed by atoms with Gasteiger partial charge in [0.2, 0.25) is 21.8 Å². The molecule has 2 aromatic carbocycles. The molecule has 186 valence electrons.